The molecule has 2 aromatic carbocycles. The maximum absolute atomic E-state index is 9.50. The van der Waals surface area contributed by atoms with Crippen molar-refractivity contribution in [2.45, 2.75) is 13.3 Å². The average Bonchev–Trinajstić information content (AvgIpc) is 2.37. The average molecular weight is 224 g/mol. The number of rotatable bonds is 3. The number of phenolic OH excluding ortho intramolecular Hbond substituents is 1. The van der Waals surface area contributed by atoms with E-state index < -0.39 is 0 Å². The number of allylic oxidation sites excluding steroid dienone is 1. The summed E-state index contributed by atoms with van der Waals surface area (Å²) in [6.07, 6.45) is 3.10. The van der Waals surface area contributed by atoms with Gasteiger partial charge in [-0.15, -0.1) is 0 Å². The number of phenols is 1. The smallest absolute Gasteiger partial charge is 0.116 e. The Morgan fingerprint density at radius 3 is 2.47 bits per heavy atom. The zero-order chi connectivity index (χ0) is 12.1. The van der Waals surface area contributed by atoms with E-state index in [1.54, 1.807) is 12.1 Å². The van der Waals surface area contributed by atoms with Crippen molar-refractivity contribution >= 4 is 11.6 Å². The second kappa shape index (κ2) is 5.35. The Morgan fingerprint density at radius 1 is 1.06 bits per heavy atom. The van der Waals surface area contributed by atoms with Crippen molar-refractivity contribution < 1.29 is 5.11 Å². The predicted molar refractivity (Wildman–Crippen MR) is 72.7 cm³/mol. The lowest BCUT2D eigenvalue weighted by atomic mass is 10.0. The standard InChI is InChI=1S/C16H16O/c1-2-14(11-13-7-4-3-5-8-13)15-9-6-10-16(17)12-15/h3-12,17H,2H2,1H3. The van der Waals surface area contributed by atoms with Crippen LogP contribution < -0.4 is 0 Å². The van der Waals surface area contributed by atoms with Crippen LogP contribution in [0.15, 0.2) is 54.6 Å². The molecule has 0 saturated heterocycles. The van der Waals surface area contributed by atoms with Gasteiger partial charge in [-0.3, -0.25) is 0 Å². The van der Waals surface area contributed by atoms with Gasteiger partial charge >= 0.3 is 0 Å². The molecule has 0 aliphatic rings. The Morgan fingerprint density at radius 2 is 1.82 bits per heavy atom. The van der Waals surface area contributed by atoms with Gasteiger partial charge in [0.1, 0.15) is 5.75 Å². The molecule has 17 heavy (non-hydrogen) atoms. The summed E-state index contributed by atoms with van der Waals surface area (Å²) in [5.41, 5.74) is 3.50. The Labute approximate surface area is 102 Å². The molecular formula is C16H16O. The van der Waals surface area contributed by atoms with E-state index in [0.717, 1.165) is 12.0 Å². The number of benzene rings is 2. The van der Waals surface area contributed by atoms with Gasteiger partial charge in [0.2, 0.25) is 0 Å². The van der Waals surface area contributed by atoms with Gasteiger partial charge in [0, 0.05) is 0 Å². The summed E-state index contributed by atoms with van der Waals surface area (Å²) >= 11 is 0. The molecule has 0 amide bonds. The van der Waals surface area contributed by atoms with E-state index in [1.807, 2.05) is 30.3 Å². The van der Waals surface area contributed by atoms with Crippen LogP contribution in [0.2, 0.25) is 0 Å². The molecular weight excluding hydrogens is 208 g/mol. The molecule has 0 aliphatic heterocycles. The molecule has 86 valence electrons. The Kier molecular flexibility index (Phi) is 3.61. The summed E-state index contributed by atoms with van der Waals surface area (Å²) in [6, 6.07) is 17.6. The molecule has 0 aromatic heterocycles. The molecule has 1 heteroatoms. The Hall–Kier alpha value is -2.02. The maximum Gasteiger partial charge on any atom is 0.116 e. The van der Waals surface area contributed by atoms with Gasteiger partial charge in [-0.1, -0.05) is 55.5 Å². The van der Waals surface area contributed by atoms with Gasteiger partial charge in [0.15, 0.2) is 0 Å². The number of aromatic hydroxyl groups is 1. The molecule has 0 radical (unpaired) electrons. The zero-order valence-electron chi connectivity index (χ0n) is 9.93. The normalized spacial score (nSPS) is 11.5. The third kappa shape index (κ3) is 2.97. The second-order valence-electron chi connectivity index (χ2n) is 3.98. The van der Waals surface area contributed by atoms with E-state index in [2.05, 4.69) is 25.1 Å². The van der Waals surface area contributed by atoms with Crippen LogP contribution in [0.5, 0.6) is 5.75 Å². The maximum atomic E-state index is 9.50. The lowest BCUT2D eigenvalue weighted by Gasteiger charge is -2.06. The summed E-state index contributed by atoms with van der Waals surface area (Å²) in [5, 5.41) is 9.50. The molecule has 0 atom stereocenters. The highest BCUT2D eigenvalue weighted by Gasteiger charge is 2.00. The molecule has 1 nitrogen and oxygen atoms in total. The number of hydrogen-bond acceptors (Lipinski definition) is 1. The summed E-state index contributed by atoms with van der Waals surface area (Å²) in [6.45, 7) is 2.12. The van der Waals surface area contributed by atoms with Crippen LogP contribution >= 0.6 is 0 Å². The van der Waals surface area contributed by atoms with Crippen LogP contribution in [-0.4, -0.2) is 5.11 Å². The van der Waals surface area contributed by atoms with Crippen LogP contribution in [0.1, 0.15) is 24.5 Å². The van der Waals surface area contributed by atoms with E-state index in [-0.39, 0.29) is 0 Å². The molecule has 0 aliphatic carbocycles. The minimum Gasteiger partial charge on any atom is -0.508 e. The first-order chi connectivity index (χ1) is 8.29. The first kappa shape index (κ1) is 11.5. The molecule has 0 fully saturated rings. The van der Waals surface area contributed by atoms with Gasteiger partial charge < -0.3 is 5.11 Å². The monoisotopic (exact) mass is 224 g/mol. The van der Waals surface area contributed by atoms with Gasteiger partial charge in [-0.2, -0.15) is 0 Å². The molecule has 0 unspecified atom stereocenters. The summed E-state index contributed by atoms with van der Waals surface area (Å²) in [5.74, 6) is 0.315. The first-order valence-electron chi connectivity index (χ1n) is 5.84. The highest BCUT2D eigenvalue weighted by atomic mass is 16.3. The molecule has 1 N–H and O–H groups in total. The Balaban J connectivity index is 2.37. The van der Waals surface area contributed by atoms with Crippen LogP contribution in [0.25, 0.3) is 11.6 Å². The molecule has 0 bridgehead atoms. The van der Waals surface area contributed by atoms with Gasteiger partial charge in [-0.05, 0) is 35.3 Å². The number of hydrogen-bond donors (Lipinski definition) is 1. The van der Waals surface area contributed by atoms with Crippen LogP contribution in [-0.2, 0) is 0 Å². The SMILES string of the molecule is CCC(=Cc1ccccc1)c1cccc(O)c1. The molecule has 2 aromatic rings. The van der Waals surface area contributed by atoms with Crippen molar-refractivity contribution in [1.82, 2.24) is 0 Å². The van der Waals surface area contributed by atoms with Crippen molar-refractivity contribution in [3.63, 3.8) is 0 Å². The zero-order valence-corrected chi connectivity index (χ0v) is 9.93. The first-order valence-corrected chi connectivity index (χ1v) is 5.84. The summed E-state index contributed by atoms with van der Waals surface area (Å²) in [4.78, 5) is 0. The minimum absolute atomic E-state index is 0.315. The highest BCUT2D eigenvalue weighted by Crippen LogP contribution is 2.24. The van der Waals surface area contributed by atoms with E-state index in [9.17, 15) is 5.11 Å². The lowest BCUT2D eigenvalue weighted by molar-refractivity contribution is 0.475. The van der Waals surface area contributed by atoms with E-state index >= 15 is 0 Å². The quantitative estimate of drug-likeness (QED) is 0.769. The van der Waals surface area contributed by atoms with Crippen LogP contribution in [0, 0.1) is 0 Å². The molecule has 2 rings (SSSR count). The van der Waals surface area contributed by atoms with Gasteiger partial charge in [0.25, 0.3) is 0 Å². The van der Waals surface area contributed by atoms with Crippen molar-refractivity contribution in [1.29, 1.82) is 0 Å². The fourth-order valence-corrected chi connectivity index (χ4v) is 1.85. The lowest BCUT2D eigenvalue weighted by Crippen LogP contribution is -1.83. The van der Waals surface area contributed by atoms with Crippen LogP contribution in [0.3, 0.4) is 0 Å². The summed E-state index contributed by atoms with van der Waals surface area (Å²) < 4.78 is 0. The van der Waals surface area contributed by atoms with Crippen molar-refractivity contribution in [2.75, 3.05) is 0 Å². The molecule has 0 heterocycles. The van der Waals surface area contributed by atoms with Crippen molar-refractivity contribution in [3.05, 3.63) is 65.7 Å². The van der Waals surface area contributed by atoms with Crippen LogP contribution in [0.4, 0.5) is 0 Å². The molecule has 0 saturated carbocycles. The van der Waals surface area contributed by atoms with Gasteiger partial charge in [0.05, 0.1) is 0 Å². The minimum atomic E-state index is 0.315. The highest BCUT2D eigenvalue weighted by molar-refractivity contribution is 5.81. The van der Waals surface area contributed by atoms with E-state index in [4.69, 9.17) is 0 Å². The largest absolute Gasteiger partial charge is 0.508 e. The fourth-order valence-electron chi connectivity index (χ4n) is 1.85. The van der Waals surface area contributed by atoms with E-state index in [0.29, 0.717) is 5.75 Å². The third-order valence-electron chi connectivity index (χ3n) is 2.74. The Bertz CT molecular complexity index is 512. The van der Waals surface area contributed by atoms with Crippen molar-refractivity contribution in [3.8, 4) is 5.75 Å². The summed E-state index contributed by atoms with van der Waals surface area (Å²) in [7, 11) is 0. The fraction of sp³-hybridized carbons (Fsp3) is 0.125. The topological polar surface area (TPSA) is 20.2 Å². The van der Waals surface area contributed by atoms with Crippen molar-refractivity contribution in [2.24, 2.45) is 0 Å². The van der Waals surface area contributed by atoms with Gasteiger partial charge in [-0.25, -0.2) is 0 Å². The second-order valence-corrected chi connectivity index (χ2v) is 3.98. The molecule has 0 spiro atoms. The third-order valence-corrected chi connectivity index (χ3v) is 2.74. The van der Waals surface area contributed by atoms with E-state index in [1.165, 1.54) is 11.1 Å². The predicted octanol–water partition coefficient (Wildman–Crippen LogP) is 4.34.